The fourth-order valence-corrected chi connectivity index (χ4v) is 3.09. The minimum absolute atomic E-state index is 0.222. The molecule has 38 heavy (non-hydrogen) atoms. The Balaban J connectivity index is 0.000000281. The Bertz CT molecular complexity index is 1400. The molecule has 0 unspecified atom stereocenters. The van der Waals surface area contributed by atoms with E-state index in [-0.39, 0.29) is 5.56 Å². The molecule has 0 atom stereocenters. The van der Waals surface area contributed by atoms with E-state index in [1.54, 1.807) is 0 Å². The van der Waals surface area contributed by atoms with Crippen LogP contribution in [0.1, 0.15) is 31.8 Å². The van der Waals surface area contributed by atoms with Crippen LogP contribution in [-0.2, 0) is 0 Å². The molecule has 0 heterocycles. The first-order chi connectivity index (χ1) is 17.7. The van der Waals surface area contributed by atoms with E-state index < -0.39 is 56.3 Å². The van der Waals surface area contributed by atoms with Crippen LogP contribution in [0.3, 0.4) is 0 Å². The molecule has 0 saturated heterocycles. The molecule has 2 amide bonds. The number of para-hydroxylation sites is 1. The number of carbonyl (C=O) groups is 3. The second kappa shape index (κ2) is 11.8. The van der Waals surface area contributed by atoms with Crippen molar-refractivity contribution in [3.63, 3.8) is 0 Å². The molecule has 15 heteroatoms. The van der Waals surface area contributed by atoms with Crippen molar-refractivity contribution in [1.29, 1.82) is 0 Å². The van der Waals surface area contributed by atoms with Crippen LogP contribution in [0.5, 0.6) is 11.5 Å². The molecular weight excluding hydrogens is 508 g/mol. The number of hydrogen-bond acceptors (Lipinski definition) is 9. The van der Waals surface area contributed by atoms with Gasteiger partial charge >= 0.3 is 23.7 Å². The first kappa shape index (κ1) is 28.5. The second-order valence-corrected chi connectivity index (χ2v) is 7.56. The number of aryl methyl sites for hydroxylation is 2. The molecule has 3 rings (SSSR count). The van der Waals surface area contributed by atoms with Crippen molar-refractivity contribution < 1.29 is 44.7 Å². The molecule has 0 radical (unpaired) electrons. The number of carboxylic acids is 2. The summed E-state index contributed by atoms with van der Waals surface area (Å²) < 4.78 is 0. The standard InChI is InChI=1S/C16H16N2O4.C7H4N2O7/c1-9-4-3-5-10(2)14(9)18-16(22)17-11-6-7-12(15(20)21)13(19)8-11;10-6-4(7(11)12)1-3(8(13)14)2-5(6)9(15)16/h3-8,19H,1-2H3,(H,20,21)(H2,17,18,22);1-2,10H,(H,11,12). The van der Waals surface area contributed by atoms with Crippen LogP contribution in [0.4, 0.5) is 27.5 Å². The highest BCUT2D eigenvalue weighted by Crippen LogP contribution is 2.34. The topological polar surface area (TPSA) is 242 Å². The van der Waals surface area contributed by atoms with E-state index in [9.17, 15) is 44.8 Å². The van der Waals surface area contributed by atoms with Gasteiger partial charge in [0.15, 0.2) is 0 Å². The Labute approximate surface area is 212 Å². The Morgan fingerprint density at radius 3 is 1.84 bits per heavy atom. The van der Waals surface area contributed by atoms with Crippen molar-refractivity contribution in [3.05, 3.63) is 91.0 Å². The third-order valence-corrected chi connectivity index (χ3v) is 4.92. The predicted octanol–water partition coefficient (Wildman–Crippen LogP) is 4.26. The van der Waals surface area contributed by atoms with Gasteiger partial charge in [0.25, 0.3) is 5.69 Å². The van der Waals surface area contributed by atoms with E-state index >= 15 is 0 Å². The number of aromatic carboxylic acids is 2. The number of nitro groups is 2. The lowest BCUT2D eigenvalue weighted by molar-refractivity contribution is -0.394. The van der Waals surface area contributed by atoms with Gasteiger partial charge < -0.3 is 31.1 Å². The van der Waals surface area contributed by atoms with Crippen molar-refractivity contribution in [2.24, 2.45) is 0 Å². The third-order valence-electron chi connectivity index (χ3n) is 4.92. The summed E-state index contributed by atoms with van der Waals surface area (Å²) in [6.45, 7) is 3.77. The minimum Gasteiger partial charge on any atom is -0.507 e. The highest BCUT2D eigenvalue weighted by Gasteiger charge is 2.26. The maximum absolute atomic E-state index is 12.0. The van der Waals surface area contributed by atoms with E-state index in [1.165, 1.54) is 18.2 Å². The lowest BCUT2D eigenvalue weighted by Gasteiger charge is -2.12. The van der Waals surface area contributed by atoms with Gasteiger partial charge in [-0.05, 0) is 37.1 Å². The molecular formula is C23H20N4O11. The summed E-state index contributed by atoms with van der Waals surface area (Å²) >= 11 is 0. The number of anilines is 2. The summed E-state index contributed by atoms with van der Waals surface area (Å²) in [6, 6.07) is 10.1. The molecule has 0 aliphatic heterocycles. The summed E-state index contributed by atoms with van der Waals surface area (Å²) in [5.41, 5.74) is -0.0360. The number of rotatable bonds is 6. The number of carboxylic acid groups (broad SMARTS) is 2. The fraction of sp³-hybridized carbons (Fsp3) is 0.0870. The van der Waals surface area contributed by atoms with Gasteiger partial charge in [0.2, 0.25) is 5.75 Å². The van der Waals surface area contributed by atoms with E-state index in [2.05, 4.69) is 10.6 Å². The Morgan fingerprint density at radius 1 is 0.789 bits per heavy atom. The van der Waals surface area contributed by atoms with Crippen molar-refractivity contribution >= 4 is 40.7 Å². The van der Waals surface area contributed by atoms with Crippen LogP contribution in [0, 0.1) is 34.1 Å². The zero-order chi connectivity index (χ0) is 28.7. The first-order valence-electron chi connectivity index (χ1n) is 10.3. The van der Waals surface area contributed by atoms with Crippen LogP contribution in [0.15, 0.2) is 48.5 Å². The van der Waals surface area contributed by atoms with Crippen LogP contribution < -0.4 is 10.6 Å². The summed E-state index contributed by atoms with van der Waals surface area (Å²) in [7, 11) is 0. The Kier molecular flexibility index (Phi) is 8.85. The number of hydrogen-bond donors (Lipinski definition) is 6. The molecule has 0 fully saturated rings. The first-order valence-corrected chi connectivity index (χ1v) is 10.3. The molecule has 6 N–H and O–H groups in total. The van der Waals surface area contributed by atoms with E-state index in [0.29, 0.717) is 23.5 Å². The monoisotopic (exact) mass is 528 g/mol. The van der Waals surface area contributed by atoms with E-state index in [1.807, 2.05) is 32.0 Å². The number of aromatic hydroxyl groups is 2. The van der Waals surface area contributed by atoms with Gasteiger partial charge in [0, 0.05) is 23.5 Å². The number of non-ortho nitro benzene ring substituents is 1. The SMILES string of the molecule is Cc1cccc(C)c1NC(=O)Nc1ccc(C(=O)O)c(O)c1.O=C(O)c1cc([N+](=O)[O-])cc([N+](=O)[O-])c1O. The van der Waals surface area contributed by atoms with Gasteiger partial charge in [-0.1, -0.05) is 18.2 Å². The van der Waals surface area contributed by atoms with Crippen LogP contribution in [0.25, 0.3) is 0 Å². The average molecular weight is 528 g/mol. The molecule has 0 saturated carbocycles. The van der Waals surface area contributed by atoms with Gasteiger partial charge in [-0.3, -0.25) is 20.2 Å². The van der Waals surface area contributed by atoms with Crippen LogP contribution in [0.2, 0.25) is 0 Å². The summed E-state index contributed by atoms with van der Waals surface area (Å²) in [6.07, 6.45) is 0. The number of urea groups is 1. The fourth-order valence-electron chi connectivity index (χ4n) is 3.09. The number of carbonyl (C=O) groups excluding carboxylic acids is 1. The van der Waals surface area contributed by atoms with E-state index in [0.717, 1.165) is 11.1 Å². The molecule has 198 valence electrons. The maximum atomic E-state index is 12.0. The summed E-state index contributed by atoms with van der Waals surface area (Å²) in [5, 5.41) is 62.3. The zero-order valence-electron chi connectivity index (χ0n) is 19.7. The van der Waals surface area contributed by atoms with Crippen molar-refractivity contribution in [1.82, 2.24) is 0 Å². The summed E-state index contributed by atoms with van der Waals surface area (Å²) in [5.74, 6) is -4.44. The lowest BCUT2D eigenvalue weighted by Crippen LogP contribution is -2.20. The molecule has 3 aromatic rings. The highest BCUT2D eigenvalue weighted by molar-refractivity contribution is 6.01. The third kappa shape index (κ3) is 6.91. The van der Waals surface area contributed by atoms with Crippen molar-refractivity contribution in [3.8, 4) is 11.5 Å². The molecule has 0 aliphatic rings. The largest absolute Gasteiger partial charge is 0.507 e. The van der Waals surface area contributed by atoms with Gasteiger partial charge in [-0.15, -0.1) is 0 Å². The van der Waals surface area contributed by atoms with Crippen molar-refractivity contribution in [2.75, 3.05) is 10.6 Å². The van der Waals surface area contributed by atoms with Gasteiger partial charge in [-0.25, -0.2) is 14.4 Å². The molecule has 3 aromatic carbocycles. The van der Waals surface area contributed by atoms with Gasteiger partial charge in [0.05, 0.1) is 15.9 Å². The number of benzene rings is 3. The molecule has 15 nitrogen and oxygen atoms in total. The quantitative estimate of drug-likeness (QED) is 0.195. The highest BCUT2D eigenvalue weighted by atomic mass is 16.6. The number of phenols is 2. The van der Waals surface area contributed by atoms with Gasteiger partial charge in [0.1, 0.15) is 16.9 Å². The average Bonchev–Trinajstić information content (AvgIpc) is 2.81. The van der Waals surface area contributed by atoms with Gasteiger partial charge in [-0.2, -0.15) is 0 Å². The Morgan fingerprint density at radius 2 is 1.37 bits per heavy atom. The van der Waals surface area contributed by atoms with E-state index in [4.69, 9.17) is 10.2 Å². The number of nitro benzene ring substituents is 2. The minimum atomic E-state index is -1.69. The number of nitrogens with one attached hydrogen (secondary N) is 2. The predicted molar refractivity (Wildman–Crippen MR) is 132 cm³/mol. The zero-order valence-corrected chi connectivity index (χ0v) is 19.7. The smallest absolute Gasteiger partial charge is 0.340 e. The molecule has 0 aliphatic carbocycles. The Hall–Kier alpha value is -5.73. The molecule has 0 bridgehead atoms. The number of nitrogens with zero attached hydrogens (tertiary/aromatic N) is 2. The summed E-state index contributed by atoms with van der Waals surface area (Å²) in [4.78, 5) is 52.1. The lowest BCUT2D eigenvalue weighted by atomic mass is 10.1. The molecule has 0 spiro atoms. The molecule has 0 aromatic heterocycles. The van der Waals surface area contributed by atoms with Crippen LogP contribution >= 0.6 is 0 Å². The number of amides is 2. The van der Waals surface area contributed by atoms with Crippen LogP contribution in [-0.4, -0.2) is 48.2 Å². The maximum Gasteiger partial charge on any atom is 0.340 e. The second-order valence-electron chi connectivity index (χ2n) is 7.56. The van der Waals surface area contributed by atoms with Crippen molar-refractivity contribution in [2.45, 2.75) is 13.8 Å². The normalized spacial score (nSPS) is 9.95.